The summed E-state index contributed by atoms with van der Waals surface area (Å²) in [4.78, 5) is 0. The molecular weight excluding hydrogens is 620 g/mol. The molecule has 0 saturated carbocycles. The van der Waals surface area contributed by atoms with Crippen molar-refractivity contribution >= 4 is 0 Å². The van der Waals surface area contributed by atoms with Gasteiger partial charge in [0.2, 0.25) is 0 Å². The molecule has 0 amide bonds. The second-order valence-electron chi connectivity index (χ2n) is 14.3. The minimum absolute atomic E-state index is 0. The molecule has 0 bridgehead atoms. The van der Waals surface area contributed by atoms with Gasteiger partial charge in [-0.2, -0.15) is 0 Å². The predicted molar refractivity (Wildman–Crippen MR) is 175 cm³/mol. The minimum atomic E-state index is 0. The van der Waals surface area contributed by atoms with Gasteiger partial charge in [-0.25, -0.2) is 0 Å². The molecule has 0 aliphatic heterocycles. The summed E-state index contributed by atoms with van der Waals surface area (Å²) in [5.41, 5.74) is 0. The summed E-state index contributed by atoms with van der Waals surface area (Å²) in [6.45, 7) is 9.98. The van der Waals surface area contributed by atoms with Crippen LogP contribution in [-0.4, -0.2) is 63.3 Å². The summed E-state index contributed by atoms with van der Waals surface area (Å²) >= 11 is 0. The molecule has 0 N–H and O–H groups in total. The van der Waals surface area contributed by atoms with Gasteiger partial charge in [-0.05, 0) is 25.7 Å². The smallest absolute Gasteiger partial charge is 0.128 e. The third-order valence-electron chi connectivity index (χ3n) is 9.04. The molecule has 0 atom stereocenters. The van der Waals surface area contributed by atoms with E-state index < -0.39 is 0 Å². The van der Waals surface area contributed by atoms with E-state index in [-0.39, 0.29) is 34.0 Å². The van der Waals surface area contributed by atoms with Crippen molar-refractivity contribution in [3.8, 4) is 0 Å². The zero-order chi connectivity index (χ0) is 28.2. The molecule has 4 heteroatoms. The first-order valence-corrected chi connectivity index (χ1v) is 18.0. The standard InChI is InChI=1S/C36H78N2.2BrH/c1-7-9-11-13-15-17-19-20-21-22-23-24-26-28-30-32-34-38(5,6)36-35-37(3,4)33-31-29-27-25-18-16-14-12-10-8-2;;/h7-36H2,1-6H3;2*1H/q+2;;/p-2. The van der Waals surface area contributed by atoms with E-state index >= 15 is 0 Å². The van der Waals surface area contributed by atoms with Crippen LogP contribution in [0.1, 0.15) is 181 Å². The second kappa shape index (κ2) is 32.8. The van der Waals surface area contributed by atoms with Gasteiger partial charge < -0.3 is 42.9 Å². The number of rotatable bonds is 31. The van der Waals surface area contributed by atoms with Crippen molar-refractivity contribution < 1.29 is 42.9 Å². The maximum absolute atomic E-state index is 2.46. The van der Waals surface area contributed by atoms with Crippen LogP contribution in [0.4, 0.5) is 0 Å². The summed E-state index contributed by atoms with van der Waals surface area (Å²) in [5, 5.41) is 0. The van der Waals surface area contributed by atoms with Crippen LogP contribution in [0.3, 0.4) is 0 Å². The Balaban J connectivity index is -0.00000684. The summed E-state index contributed by atoms with van der Waals surface area (Å²) in [6.07, 6.45) is 37.8. The van der Waals surface area contributed by atoms with E-state index in [0.29, 0.717) is 0 Å². The van der Waals surface area contributed by atoms with Crippen molar-refractivity contribution in [1.82, 2.24) is 0 Å². The van der Waals surface area contributed by atoms with Gasteiger partial charge in [0.1, 0.15) is 13.1 Å². The van der Waals surface area contributed by atoms with Crippen LogP contribution in [0.15, 0.2) is 0 Å². The summed E-state index contributed by atoms with van der Waals surface area (Å²) in [6, 6.07) is 0. The van der Waals surface area contributed by atoms with Gasteiger partial charge in [-0.1, -0.05) is 155 Å². The average molecular weight is 699 g/mol. The molecule has 0 aliphatic rings. The SMILES string of the molecule is CCCCCCCCCCCCCCCCCC[N+](C)(C)CC[N+](C)(C)CCCCCCCCCCCC.[Br-].[Br-]. The van der Waals surface area contributed by atoms with Gasteiger partial charge in [-0.15, -0.1) is 0 Å². The van der Waals surface area contributed by atoms with Crippen LogP contribution >= 0.6 is 0 Å². The van der Waals surface area contributed by atoms with Crippen molar-refractivity contribution in [3.63, 3.8) is 0 Å². The van der Waals surface area contributed by atoms with Crippen molar-refractivity contribution in [2.75, 3.05) is 54.4 Å². The van der Waals surface area contributed by atoms with Gasteiger partial charge in [0, 0.05) is 0 Å². The Morgan fingerprint density at radius 2 is 0.425 bits per heavy atom. The molecule has 0 heterocycles. The van der Waals surface area contributed by atoms with Gasteiger partial charge >= 0.3 is 0 Å². The van der Waals surface area contributed by atoms with E-state index in [4.69, 9.17) is 0 Å². The molecule has 0 aromatic heterocycles. The summed E-state index contributed by atoms with van der Waals surface area (Å²) in [5.74, 6) is 0. The van der Waals surface area contributed by atoms with E-state index in [1.807, 2.05) is 0 Å². The number of nitrogens with zero attached hydrogens (tertiary/aromatic N) is 2. The lowest BCUT2D eigenvalue weighted by Gasteiger charge is -2.36. The van der Waals surface area contributed by atoms with Gasteiger partial charge in [-0.3, -0.25) is 0 Å². The van der Waals surface area contributed by atoms with Crippen LogP contribution in [0.5, 0.6) is 0 Å². The molecule has 0 aromatic rings. The van der Waals surface area contributed by atoms with E-state index in [9.17, 15) is 0 Å². The molecule has 0 unspecified atom stereocenters. The monoisotopic (exact) mass is 696 g/mol. The predicted octanol–water partition coefficient (Wildman–Crippen LogP) is 5.33. The van der Waals surface area contributed by atoms with Gasteiger partial charge in [0.05, 0.1) is 41.3 Å². The summed E-state index contributed by atoms with van der Waals surface area (Å²) in [7, 11) is 9.85. The van der Waals surface area contributed by atoms with E-state index in [1.165, 1.54) is 202 Å². The number of hydrogen-bond donors (Lipinski definition) is 0. The molecule has 0 fully saturated rings. The number of likely N-dealkylation sites (N-methyl/N-ethyl adjacent to an activating group) is 2. The highest BCUT2D eigenvalue weighted by molar-refractivity contribution is 4.51. The highest BCUT2D eigenvalue weighted by Crippen LogP contribution is 2.15. The fraction of sp³-hybridized carbons (Fsp3) is 1.00. The molecule has 0 spiro atoms. The average Bonchev–Trinajstić information content (AvgIpc) is 2.88. The third kappa shape index (κ3) is 35.1. The normalized spacial score (nSPS) is 11.8. The van der Waals surface area contributed by atoms with E-state index in [1.54, 1.807) is 0 Å². The zero-order valence-corrected chi connectivity index (χ0v) is 32.0. The van der Waals surface area contributed by atoms with Crippen LogP contribution < -0.4 is 34.0 Å². The Bertz CT molecular complexity index is 468. The highest BCUT2D eigenvalue weighted by atomic mass is 79.9. The Morgan fingerprint density at radius 3 is 0.625 bits per heavy atom. The van der Waals surface area contributed by atoms with E-state index in [2.05, 4.69) is 42.0 Å². The number of hydrogen-bond acceptors (Lipinski definition) is 0. The molecule has 0 aromatic carbocycles. The van der Waals surface area contributed by atoms with Crippen LogP contribution in [0.25, 0.3) is 0 Å². The van der Waals surface area contributed by atoms with Crippen molar-refractivity contribution in [2.45, 2.75) is 181 Å². The largest absolute Gasteiger partial charge is 1.00 e. The first-order valence-electron chi connectivity index (χ1n) is 18.0. The Labute approximate surface area is 276 Å². The molecule has 40 heavy (non-hydrogen) atoms. The maximum Gasteiger partial charge on any atom is 0.128 e. The second-order valence-corrected chi connectivity index (χ2v) is 14.3. The van der Waals surface area contributed by atoms with Gasteiger partial charge in [0.25, 0.3) is 0 Å². The Kier molecular flexibility index (Phi) is 37.1. The lowest BCUT2D eigenvalue weighted by atomic mass is 10.0. The quantitative estimate of drug-likeness (QED) is 0.0679. The fourth-order valence-corrected chi connectivity index (χ4v) is 5.88. The number of quaternary nitrogens is 2. The topological polar surface area (TPSA) is 0 Å². The van der Waals surface area contributed by atoms with Crippen molar-refractivity contribution in [1.29, 1.82) is 0 Å². The molecule has 0 saturated heterocycles. The number of unbranched alkanes of at least 4 members (excludes halogenated alkanes) is 24. The molecule has 246 valence electrons. The zero-order valence-electron chi connectivity index (χ0n) is 28.9. The Hall–Kier alpha value is 0.880. The minimum Gasteiger partial charge on any atom is -1.00 e. The lowest BCUT2D eigenvalue weighted by Crippen LogP contribution is -3.00. The molecule has 0 radical (unpaired) electrons. The van der Waals surface area contributed by atoms with Crippen molar-refractivity contribution in [2.24, 2.45) is 0 Å². The molecular formula is C36H78Br2N2. The van der Waals surface area contributed by atoms with Crippen LogP contribution in [-0.2, 0) is 0 Å². The molecule has 0 rings (SSSR count). The van der Waals surface area contributed by atoms with E-state index in [0.717, 1.165) is 0 Å². The lowest BCUT2D eigenvalue weighted by molar-refractivity contribution is -0.946. The fourth-order valence-electron chi connectivity index (χ4n) is 5.88. The molecule has 0 aliphatic carbocycles. The van der Waals surface area contributed by atoms with Crippen LogP contribution in [0.2, 0.25) is 0 Å². The first-order chi connectivity index (χ1) is 18.3. The highest BCUT2D eigenvalue weighted by Gasteiger charge is 2.22. The Morgan fingerprint density at radius 1 is 0.250 bits per heavy atom. The maximum atomic E-state index is 2.46. The van der Waals surface area contributed by atoms with Crippen LogP contribution in [0, 0.1) is 0 Å². The first kappa shape index (κ1) is 45.3. The summed E-state index contributed by atoms with van der Waals surface area (Å²) < 4.78 is 2.41. The third-order valence-corrected chi connectivity index (χ3v) is 9.04. The van der Waals surface area contributed by atoms with Gasteiger partial charge in [0.15, 0.2) is 0 Å². The van der Waals surface area contributed by atoms with Crippen molar-refractivity contribution in [3.05, 3.63) is 0 Å². The number of halogens is 2. The molecule has 2 nitrogen and oxygen atoms in total.